The van der Waals surface area contributed by atoms with Gasteiger partial charge in [-0.1, -0.05) is 13.8 Å². The van der Waals surface area contributed by atoms with Gasteiger partial charge in [-0.2, -0.15) is 0 Å². The number of anilines is 2. The smallest absolute Gasteiger partial charge is 0.289 e. The normalized spacial score (nSPS) is 23.2. The summed E-state index contributed by atoms with van der Waals surface area (Å²) in [5.74, 6) is -1.64. The van der Waals surface area contributed by atoms with Crippen molar-refractivity contribution in [2.24, 2.45) is 5.41 Å². The van der Waals surface area contributed by atoms with Gasteiger partial charge in [0.25, 0.3) is 11.7 Å². The zero-order valence-corrected chi connectivity index (χ0v) is 12.3. The second-order valence-electron chi connectivity index (χ2n) is 5.73. The van der Waals surface area contributed by atoms with Gasteiger partial charge in [0.15, 0.2) is 0 Å². The summed E-state index contributed by atoms with van der Waals surface area (Å²) < 4.78 is 12.3. The number of fused-ring (bicyclic) bond motifs is 2. The van der Waals surface area contributed by atoms with Gasteiger partial charge in [-0.3, -0.25) is 4.79 Å². The molecule has 0 bridgehead atoms. The van der Waals surface area contributed by atoms with Gasteiger partial charge in [-0.25, -0.2) is 0 Å². The molecule has 0 saturated carbocycles. The minimum atomic E-state index is -1.35. The van der Waals surface area contributed by atoms with E-state index in [9.17, 15) is 4.79 Å². The van der Waals surface area contributed by atoms with Crippen molar-refractivity contribution >= 4 is 33.2 Å². The molecule has 2 aliphatic heterocycles. The fraction of sp³-hybridized carbons (Fsp3) is 0.462. The van der Waals surface area contributed by atoms with Crippen LogP contribution in [0.25, 0.3) is 0 Å². The fourth-order valence-electron chi connectivity index (χ4n) is 2.26. The Kier molecular flexibility index (Phi) is 2.68. The largest absolute Gasteiger partial charge is 0.398 e. The predicted octanol–water partition coefficient (Wildman–Crippen LogP) is 2.21. The Bertz CT molecular complexity index is 561. The molecule has 0 aliphatic carbocycles. The molecule has 102 valence electrons. The van der Waals surface area contributed by atoms with Crippen LogP contribution < -0.4 is 11.1 Å². The van der Waals surface area contributed by atoms with Gasteiger partial charge in [0.2, 0.25) is 0 Å². The molecule has 1 spiro atoms. The summed E-state index contributed by atoms with van der Waals surface area (Å²) in [5, 5.41) is 2.78. The molecule has 2 aliphatic rings. The summed E-state index contributed by atoms with van der Waals surface area (Å²) in [5.41, 5.74) is 7.65. The van der Waals surface area contributed by atoms with Gasteiger partial charge < -0.3 is 20.5 Å². The molecule has 1 amide bonds. The Morgan fingerprint density at radius 3 is 2.58 bits per heavy atom. The lowest BCUT2D eigenvalue weighted by Gasteiger charge is -2.39. The molecule has 6 heteroatoms. The van der Waals surface area contributed by atoms with Crippen LogP contribution in [0.1, 0.15) is 19.4 Å². The van der Waals surface area contributed by atoms with E-state index in [1.54, 1.807) is 12.1 Å². The van der Waals surface area contributed by atoms with Crippen LogP contribution >= 0.6 is 15.9 Å². The van der Waals surface area contributed by atoms with E-state index in [1.807, 2.05) is 13.8 Å². The summed E-state index contributed by atoms with van der Waals surface area (Å²) >= 11 is 3.34. The number of benzene rings is 1. The van der Waals surface area contributed by atoms with Crippen molar-refractivity contribution < 1.29 is 14.3 Å². The molecule has 2 heterocycles. The maximum Gasteiger partial charge on any atom is 0.289 e. The first-order valence-electron chi connectivity index (χ1n) is 6.03. The van der Waals surface area contributed by atoms with E-state index < -0.39 is 5.79 Å². The average molecular weight is 327 g/mol. The van der Waals surface area contributed by atoms with Gasteiger partial charge in [-0.15, -0.1) is 0 Å². The Morgan fingerprint density at radius 1 is 1.32 bits per heavy atom. The number of hydrogen-bond acceptors (Lipinski definition) is 4. The number of nitrogens with one attached hydrogen (secondary N) is 1. The minimum absolute atomic E-state index is 0.102. The standard InChI is InChI=1S/C13H15BrN2O3/c1-12(2)5-18-13(19-6-12)7-3-9(15)8(14)4-10(7)16-11(13)17/h3-4H,5-6,15H2,1-2H3,(H,16,17). The first-order chi connectivity index (χ1) is 8.84. The summed E-state index contributed by atoms with van der Waals surface area (Å²) in [7, 11) is 0. The number of halogens is 1. The van der Waals surface area contributed by atoms with Crippen molar-refractivity contribution in [1.29, 1.82) is 0 Å². The lowest BCUT2D eigenvalue weighted by molar-refractivity contribution is -0.285. The lowest BCUT2D eigenvalue weighted by atomic mass is 9.93. The average Bonchev–Trinajstić information content (AvgIpc) is 2.58. The highest BCUT2D eigenvalue weighted by atomic mass is 79.9. The molecule has 1 fully saturated rings. The van der Waals surface area contributed by atoms with Crippen LogP contribution in [0.2, 0.25) is 0 Å². The van der Waals surface area contributed by atoms with E-state index in [-0.39, 0.29) is 11.3 Å². The maximum atomic E-state index is 12.2. The molecule has 1 aromatic carbocycles. The first kappa shape index (κ1) is 12.9. The van der Waals surface area contributed by atoms with Crippen LogP contribution in [0.3, 0.4) is 0 Å². The van der Waals surface area contributed by atoms with E-state index in [2.05, 4.69) is 21.2 Å². The predicted molar refractivity (Wildman–Crippen MR) is 74.5 cm³/mol. The molecule has 5 nitrogen and oxygen atoms in total. The van der Waals surface area contributed by atoms with Crippen LogP contribution in [-0.4, -0.2) is 19.1 Å². The van der Waals surface area contributed by atoms with Crippen LogP contribution in [0.4, 0.5) is 11.4 Å². The highest BCUT2D eigenvalue weighted by molar-refractivity contribution is 9.10. The molecular weight excluding hydrogens is 312 g/mol. The van der Waals surface area contributed by atoms with Crippen molar-refractivity contribution in [3.05, 3.63) is 22.2 Å². The monoisotopic (exact) mass is 326 g/mol. The van der Waals surface area contributed by atoms with Gasteiger partial charge in [0.1, 0.15) is 0 Å². The van der Waals surface area contributed by atoms with Gasteiger partial charge in [0.05, 0.1) is 18.9 Å². The molecule has 19 heavy (non-hydrogen) atoms. The van der Waals surface area contributed by atoms with Crippen LogP contribution in [0.15, 0.2) is 16.6 Å². The molecule has 0 aromatic heterocycles. The van der Waals surface area contributed by atoms with Crippen molar-refractivity contribution in [2.45, 2.75) is 19.6 Å². The van der Waals surface area contributed by atoms with Crippen LogP contribution in [-0.2, 0) is 20.1 Å². The van der Waals surface area contributed by atoms with E-state index in [1.165, 1.54) is 0 Å². The number of carbonyl (C=O) groups is 1. The van der Waals surface area contributed by atoms with Gasteiger partial charge >= 0.3 is 0 Å². The third-order valence-corrected chi connectivity index (χ3v) is 4.06. The summed E-state index contributed by atoms with van der Waals surface area (Å²) in [4.78, 5) is 12.2. The molecule has 0 atom stereocenters. The van der Waals surface area contributed by atoms with Crippen molar-refractivity contribution in [3.8, 4) is 0 Å². The van der Waals surface area contributed by atoms with Crippen molar-refractivity contribution in [3.63, 3.8) is 0 Å². The van der Waals surface area contributed by atoms with Crippen LogP contribution in [0.5, 0.6) is 0 Å². The topological polar surface area (TPSA) is 73.6 Å². The minimum Gasteiger partial charge on any atom is -0.398 e. The van der Waals surface area contributed by atoms with Crippen molar-refractivity contribution in [1.82, 2.24) is 0 Å². The molecular formula is C13H15BrN2O3. The molecule has 3 rings (SSSR count). The third kappa shape index (κ3) is 1.86. The number of ether oxygens (including phenoxy) is 2. The van der Waals surface area contributed by atoms with E-state index in [4.69, 9.17) is 15.2 Å². The number of carbonyl (C=O) groups excluding carboxylic acids is 1. The molecule has 0 unspecified atom stereocenters. The third-order valence-electron chi connectivity index (χ3n) is 3.37. The summed E-state index contributed by atoms with van der Waals surface area (Å²) in [6.07, 6.45) is 0. The fourth-order valence-corrected chi connectivity index (χ4v) is 2.60. The Morgan fingerprint density at radius 2 is 1.95 bits per heavy atom. The first-order valence-corrected chi connectivity index (χ1v) is 6.82. The zero-order chi connectivity index (χ0) is 13.8. The molecule has 1 aromatic rings. The Balaban J connectivity index is 2.06. The van der Waals surface area contributed by atoms with E-state index in [0.29, 0.717) is 30.2 Å². The number of hydrogen-bond donors (Lipinski definition) is 2. The Hall–Kier alpha value is -1.11. The van der Waals surface area contributed by atoms with Crippen LogP contribution in [0, 0.1) is 5.41 Å². The van der Waals surface area contributed by atoms with E-state index in [0.717, 1.165) is 4.47 Å². The van der Waals surface area contributed by atoms with Crippen molar-refractivity contribution in [2.75, 3.05) is 24.3 Å². The summed E-state index contributed by atoms with van der Waals surface area (Å²) in [6.45, 7) is 4.97. The summed E-state index contributed by atoms with van der Waals surface area (Å²) in [6, 6.07) is 3.49. The molecule has 1 saturated heterocycles. The number of amides is 1. The van der Waals surface area contributed by atoms with Gasteiger partial charge in [0, 0.05) is 21.1 Å². The highest BCUT2D eigenvalue weighted by Crippen LogP contribution is 2.46. The molecule has 3 N–H and O–H groups in total. The maximum absolute atomic E-state index is 12.2. The SMILES string of the molecule is CC1(C)COC2(OC1)C(=O)Nc1cc(Br)c(N)cc12. The number of nitrogen functional groups attached to an aromatic ring is 1. The van der Waals surface area contributed by atoms with E-state index >= 15 is 0 Å². The Labute approximate surface area is 119 Å². The molecule has 0 radical (unpaired) electrons. The lowest BCUT2D eigenvalue weighted by Crippen LogP contribution is -2.49. The highest BCUT2D eigenvalue weighted by Gasteiger charge is 2.53. The quantitative estimate of drug-likeness (QED) is 0.717. The zero-order valence-electron chi connectivity index (χ0n) is 10.7. The number of rotatable bonds is 0. The second kappa shape index (κ2) is 3.94. The number of nitrogens with two attached hydrogens (primary N) is 1. The second-order valence-corrected chi connectivity index (χ2v) is 6.59. The van der Waals surface area contributed by atoms with Gasteiger partial charge in [-0.05, 0) is 28.1 Å².